The van der Waals surface area contributed by atoms with Crippen molar-refractivity contribution in [2.75, 3.05) is 13.2 Å². The number of aromatic hydroxyl groups is 1. The van der Waals surface area contributed by atoms with Crippen LogP contribution in [0.15, 0.2) is 18.2 Å². The van der Waals surface area contributed by atoms with Crippen molar-refractivity contribution in [3.8, 4) is 11.5 Å². The lowest BCUT2D eigenvalue weighted by atomic mass is 10.2. The summed E-state index contributed by atoms with van der Waals surface area (Å²) in [6.07, 6.45) is 0.0525. The summed E-state index contributed by atoms with van der Waals surface area (Å²) in [6.45, 7) is 6.03. The maximum Gasteiger partial charge on any atom is 0.407 e. The van der Waals surface area contributed by atoms with Gasteiger partial charge in [0.15, 0.2) is 0 Å². The van der Waals surface area contributed by atoms with Crippen LogP contribution in [0.4, 0.5) is 4.79 Å². The number of aromatic carboxylic acids is 1. The Balaban J connectivity index is 2.29. The second-order valence-electron chi connectivity index (χ2n) is 5.61. The number of hydrogen-bond acceptors (Lipinski definition) is 5. The van der Waals surface area contributed by atoms with E-state index in [9.17, 15) is 14.7 Å². The largest absolute Gasteiger partial charge is 0.507 e. The predicted molar refractivity (Wildman–Crippen MR) is 79.4 cm³/mol. The molecule has 0 fully saturated rings. The predicted octanol–water partition coefficient (Wildman–Crippen LogP) is 2.38. The van der Waals surface area contributed by atoms with Gasteiger partial charge in [-0.3, -0.25) is 0 Å². The number of rotatable bonds is 6. The maximum absolute atomic E-state index is 11.4. The van der Waals surface area contributed by atoms with Crippen molar-refractivity contribution in [1.82, 2.24) is 5.32 Å². The topological polar surface area (TPSA) is 105 Å². The minimum Gasteiger partial charge on any atom is -0.507 e. The van der Waals surface area contributed by atoms with Crippen molar-refractivity contribution in [2.45, 2.75) is 32.8 Å². The van der Waals surface area contributed by atoms with Crippen LogP contribution < -0.4 is 10.1 Å². The maximum atomic E-state index is 11.4. The molecule has 3 N–H and O–H groups in total. The quantitative estimate of drug-likeness (QED) is 0.697. The number of carbonyl (C=O) groups excluding carboxylic acids is 1. The minimum absolute atomic E-state index is 0.182. The molecule has 1 amide bonds. The molecule has 1 aromatic carbocycles. The van der Waals surface area contributed by atoms with E-state index in [1.54, 1.807) is 20.8 Å². The Morgan fingerprint density at radius 1 is 1.27 bits per heavy atom. The molecule has 0 aliphatic heterocycles. The van der Waals surface area contributed by atoms with Gasteiger partial charge in [-0.05, 0) is 39.3 Å². The first kappa shape index (κ1) is 17.6. The zero-order chi connectivity index (χ0) is 16.8. The third-order valence-electron chi connectivity index (χ3n) is 2.46. The van der Waals surface area contributed by atoms with Gasteiger partial charge in [0.05, 0.1) is 6.61 Å². The highest BCUT2D eigenvalue weighted by atomic mass is 16.6. The Kier molecular flexibility index (Phi) is 6.03. The van der Waals surface area contributed by atoms with E-state index < -0.39 is 17.7 Å². The third-order valence-corrected chi connectivity index (χ3v) is 2.46. The first-order chi connectivity index (χ1) is 10.2. The van der Waals surface area contributed by atoms with E-state index in [2.05, 4.69) is 5.32 Å². The molecule has 7 nitrogen and oxygen atoms in total. The van der Waals surface area contributed by atoms with Crippen LogP contribution in [0, 0.1) is 0 Å². The van der Waals surface area contributed by atoms with Gasteiger partial charge < -0.3 is 25.0 Å². The molecule has 0 radical (unpaired) electrons. The number of ether oxygens (including phenoxy) is 2. The number of hydrogen-bond donors (Lipinski definition) is 3. The number of carboxylic acids is 1. The highest BCUT2D eigenvalue weighted by Gasteiger charge is 2.15. The number of carboxylic acid groups (broad SMARTS) is 1. The van der Waals surface area contributed by atoms with Crippen molar-refractivity contribution in [3.63, 3.8) is 0 Å². The highest BCUT2D eigenvalue weighted by Crippen LogP contribution is 2.23. The van der Waals surface area contributed by atoms with Gasteiger partial charge in [0.2, 0.25) is 0 Å². The Hall–Kier alpha value is -2.44. The fourth-order valence-electron chi connectivity index (χ4n) is 1.55. The molecule has 0 spiro atoms. The summed E-state index contributed by atoms with van der Waals surface area (Å²) >= 11 is 0. The fraction of sp³-hybridized carbons (Fsp3) is 0.467. The number of amides is 1. The van der Waals surface area contributed by atoms with Crippen LogP contribution in [0.3, 0.4) is 0 Å². The standard InChI is InChI=1S/C15H21NO6/c1-15(2,3)22-14(20)16-7-4-8-21-10-5-6-11(13(18)19)12(17)9-10/h5-6,9,17H,4,7-8H2,1-3H3,(H,16,20)(H,18,19). The van der Waals surface area contributed by atoms with E-state index in [0.717, 1.165) is 0 Å². The van der Waals surface area contributed by atoms with Gasteiger partial charge in [-0.15, -0.1) is 0 Å². The van der Waals surface area contributed by atoms with Gasteiger partial charge in [-0.1, -0.05) is 0 Å². The van der Waals surface area contributed by atoms with Gasteiger partial charge in [-0.25, -0.2) is 9.59 Å². The number of carbonyl (C=O) groups is 2. The van der Waals surface area contributed by atoms with Crippen molar-refractivity contribution >= 4 is 12.1 Å². The Morgan fingerprint density at radius 3 is 2.50 bits per heavy atom. The smallest absolute Gasteiger partial charge is 0.407 e. The Bertz CT molecular complexity index is 535. The molecule has 0 aromatic heterocycles. The number of nitrogens with one attached hydrogen (secondary N) is 1. The van der Waals surface area contributed by atoms with Crippen LogP contribution in [0.2, 0.25) is 0 Å². The van der Waals surface area contributed by atoms with Gasteiger partial charge in [0.1, 0.15) is 22.7 Å². The first-order valence-electron chi connectivity index (χ1n) is 6.85. The summed E-state index contributed by atoms with van der Waals surface area (Å²) in [7, 11) is 0. The molecule has 0 aliphatic rings. The molecule has 0 atom stereocenters. The molecule has 0 bridgehead atoms. The molecule has 0 saturated heterocycles. The highest BCUT2D eigenvalue weighted by molar-refractivity contribution is 5.90. The number of benzene rings is 1. The average Bonchev–Trinajstić information content (AvgIpc) is 2.35. The van der Waals surface area contributed by atoms with E-state index in [-0.39, 0.29) is 11.3 Å². The monoisotopic (exact) mass is 311 g/mol. The van der Waals surface area contributed by atoms with Crippen molar-refractivity contribution in [1.29, 1.82) is 0 Å². The molecule has 22 heavy (non-hydrogen) atoms. The summed E-state index contributed by atoms with van der Waals surface area (Å²) in [4.78, 5) is 22.1. The van der Waals surface area contributed by atoms with Crippen LogP contribution in [0.1, 0.15) is 37.6 Å². The normalized spacial score (nSPS) is 10.9. The van der Waals surface area contributed by atoms with Gasteiger partial charge in [0.25, 0.3) is 0 Å². The van der Waals surface area contributed by atoms with Crippen molar-refractivity contribution < 1.29 is 29.3 Å². The van der Waals surface area contributed by atoms with Crippen LogP contribution in [0.5, 0.6) is 11.5 Å². The average molecular weight is 311 g/mol. The SMILES string of the molecule is CC(C)(C)OC(=O)NCCCOc1ccc(C(=O)O)c(O)c1. The molecule has 0 unspecified atom stereocenters. The number of alkyl carbamates (subject to hydrolysis) is 1. The van der Waals surface area contributed by atoms with Gasteiger partial charge in [-0.2, -0.15) is 0 Å². The minimum atomic E-state index is -1.20. The fourth-order valence-corrected chi connectivity index (χ4v) is 1.55. The lowest BCUT2D eigenvalue weighted by Gasteiger charge is -2.19. The number of phenols is 1. The van der Waals surface area contributed by atoms with Crippen LogP contribution >= 0.6 is 0 Å². The van der Waals surface area contributed by atoms with E-state index in [0.29, 0.717) is 25.3 Å². The summed E-state index contributed by atoms with van der Waals surface area (Å²) in [6, 6.07) is 3.97. The summed E-state index contributed by atoms with van der Waals surface area (Å²) < 4.78 is 10.4. The summed E-state index contributed by atoms with van der Waals surface area (Å²) in [5, 5.41) is 20.9. The van der Waals surface area contributed by atoms with Crippen LogP contribution in [0.25, 0.3) is 0 Å². The molecule has 0 aliphatic carbocycles. The lowest BCUT2D eigenvalue weighted by Crippen LogP contribution is -2.33. The van der Waals surface area contributed by atoms with Crippen LogP contribution in [-0.2, 0) is 4.74 Å². The second kappa shape index (κ2) is 7.53. The second-order valence-corrected chi connectivity index (χ2v) is 5.61. The van der Waals surface area contributed by atoms with E-state index in [1.807, 2.05) is 0 Å². The lowest BCUT2D eigenvalue weighted by molar-refractivity contribution is 0.0525. The zero-order valence-corrected chi connectivity index (χ0v) is 12.9. The molecule has 7 heteroatoms. The molecule has 1 aromatic rings. The molecule has 1 rings (SSSR count). The zero-order valence-electron chi connectivity index (χ0n) is 12.9. The Morgan fingerprint density at radius 2 is 1.95 bits per heavy atom. The molecular weight excluding hydrogens is 290 g/mol. The van der Waals surface area contributed by atoms with E-state index >= 15 is 0 Å². The van der Waals surface area contributed by atoms with Crippen LogP contribution in [-0.4, -0.2) is 41.0 Å². The summed E-state index contributed by atoms with van der Waals surface area (Å²) in [5.74, 6) is -1.19. The first-order valence-corrected chi connectivity index (χ1v) is 6.85. The molecule has 0 heterocycles. The Labute approximate surface area is 128 Å². The third kappa shape index (κ3) is 6.34. The van der Waals surface area contributed by atoms with Gasteiger partial charge >= 0.3 is 12.1 Å². The van der Waals surface area contributed by atoms with Crippen molar-refractivity contribution in [3.05, 3.63) is 23.8 Å². The van der Waals surface area contributed by atoms with E-state index in [1.165, 1.54) is 18.2 Å². The van der Waals surface area contributed by atoms with E-state index in [4.69, 9.17) is 14.6 Å². The summed E-state index contributed by atoms with van der Waals surface area (Å²) in [5.41, 5.74) is -0.719. The molecular formula is C15H21NO6. The van der Waals surface area contributed by atoms with Crippen molar-refractivity contribution in [2.24, 2.45) is 0 Å². The van der Waals surface area contributed by atoms with Gasteiger partial charge in [0, 0.05) is 12.6 Å². The molecule has 0 saturated carbocycles. The molecule has 122 valence electrons.